The molecule has 62 valence electrons. The van der Waals surface area contributed by atoms with Gasteiger partial charge in [0.05, 0.1) is 0 Å². The van der Waals surface area contributed by atoms with Crippen molar-refractivity contribution in [1.29, 1.82) is 0 Å². The molecule has 0 aliphatic carbocycles. The molecule has 0 N–H and O–H groups in total. The summed E-state index contributed by atoms with van der Waals surface area (Å²) in [5.41, 5.74) is 1.53. The predicted molar refractivity (Wildman–Crippen MR) is 47.8 cm³/mol. The van der Waals surface area contributed by atoms with Crippen LogP contribution in [0.25, 0.3) is 0 Å². The van der Waals surface area contributed by atoms with Crippen molar-refractivity contribution >= 4 is 5.78 Å². The normalized spacial score (nSPS) is 9.42. The average Bonchev–Trinajstić information content (AvgIpc) is 2.06. The molecule has 0 bridgehead atoms. The minimum absolute atomic E-state index is 0.0722. The maximum Gasteiger partial charge on any atom is 0.162 e. The van der Waals surface area contributed by atoms with E-state index in [4.69, 9.17) is 0 Å². The first-order valence-electron chi connectivity index (χ1n) is 3.78. The number of ketones is 1. The number of hydrogen-bond donors (Lipinski definition) is 0. The van der Waals surface area contributed by atoms with Crippen molar-refractivity contribution in [3.8, 4) is 0 Å². The highest BCUT2D eigenvalue weighted by Gasteiger charge is 2.02. The van der Waals surface area contributed by atoms with Gasteiger partial charge in [0, 0.05) is 18.8 Å². The molecule has 0 aliphatic rings. The van der Waals surface area contributed by atoms with E-state index < -0.39 is 0 Å². The van der Waals surface area contributed by atoms with Crippen molar-refractivity contribution in [1.82, 2.24) is 4.98 Å². The SMILES string of the molecule is C=C(C)C(=O)Cc1cccnc1. The van der Waals surface area contributed by atoms with Gasteiger partial charge >= 0.3 is 0 Å². The molecular formula is C10H11NO. The molecule has 0 amide bonds. The van der Waals surface area contributed by atoms with Crippen LogP contribution in [-0.2, 0) is 11.2 Å². The molecule has 0 unspecified atom stereocenters. The van der Waals surface area contributed by atoms with Gasteiger partial charge in [-0.05, 0) is 24.1 Å². The summed E-state index contributed by atoms with van der Waals surface area (Å²) in [6.45, 7) is 5.30. The first-order chi connectivity index (χ1) is 5.70. The standard InChI is InChI=1S/C10H11NO/c1-8(2)10(12)6-9-4-3-5-11-7-9/h3-5,7H,1,6H2,2H3. The highest BCUT2D eigenvalue weighted by atomic mass is 16.1. The molecule has 1 aromatic rings. The monoisotopic (exact) mass is 161 g/mol. The van der Waals surface area contributed by atoms with Crippen molar-refractivity contribution in [3.05, 3.63) is 42.2 Å². The zero-order valence-electron chi connectivity index (χ0n) is 7.08. The number of nitrogens with zero attached hydrogens (tertiary/aromatic N) is 1. The fourth-order valence-electron chi connectivity index (χ4n) is 0.839. The number of carbonyl (C=O) groups excluding carboxylic acids is 1. The summed E-state index contributed by atoms with van der Waals surface area (Å²) in [5.74, 6) is 0.0722. The number of carbonyl (C=O) groups is 1. The molecule has 0 saturated heterocycles. The highest BCUT2D eigenvalue weighted by Crippen LogP contribution is 2.01. The first kappa shape index (κ1) is 8.65. The summed E-state index contributed by atoms with van der Waals surface area (Å²) >= 11 is 0. The number of rotatable bonds is 3. The van der Waals surface area contributed by atoms with Crippen molar-refractivity contribution in [2.45, 2.75) is 13.3 Å². The van der Waals surface area contributed by atoms with Gasteiger partial charge in [0.25, 0.3) is 0 Å². The van der Waals surface area contributed by atoms with E-state index in [9.17, 15) is 4.79 Å². The van der Waals surface area contributed by atoms with Crippen LogP contribution in [0.3, 0.4) is 0 Å². The van der Waals surface area contributed by atoms with Crippen LogP contribution in [0.4, 0.5) is 0 Å². The molecule has 0 aromatic carbocycles. The van der Waals surface area contributed by atoms with E-state index in [0.717, 1.165) is 5.56 Å². The van der Waals surface area contributed by atoms with Gasteiger partial charge in [-0.25, -0.2) is 0 Å². The second kappa shape index (κ2) is 3.81. The fraction of sp³-hybridized carbons (Fsp3) is 0.200. The Labute approximate surface area is 71.9 Å². The van der Waals surface area contributed by atoms with Crippen LogP contribution < -0.4 is 0 Å². The van der Waals surface area contributed by atoms with Crippen LogP contribution in [0.1, 0.15) is 12.5 Å². The largest absolute Gasteiger partial charge is 0.294 e. The molecule has 0 radical (unpaired) electrons. The molecule has 2 nitrogen and oxygen atoms in total. The minimum Gasteiger partial charge on any atom is -0.294 e. The lowest BCUT2D eigenvalue weighted by atomic mass is 10.1. The van der Waals surface area contributed by atoms with Gasteiger partial charge in [-0.2, -0.15) is 0 Å². The van der Waals surface area contributed by atoms with Crippen LogP contribution in [0, 0.1) is 0 Å². The third-order valence-corrected chi connectivity index (χ3v) is 1.56. The molecule has 0 atom stereocenters. The van der Waals surface area contributed by atoms with Gasteiger partial charge in [-0.1, -0.05) is 12.6 Å². The van der Waals surface area contributed by atoms with Crippen molar-refractivity contribution < 1.29 is 4.79 Å². The van der Waals surface area contributed by atoms with Gasteiger partial charge in [0.1, 0.15) is 0 Å². The average molecular weight is 161 g/mol. The Morgan fingerprint density at radius 3 is 2.92 bits per heavy atom. The van der Waals surface area contributed by atoms with E-state index >= 15 is 0 Å². The van der Waals surface area contributed by atoms with Gasteiger partial charge < -0.3 is 0 Å². The summed E-state index contributed by atoms with van der Waals surface area (Å²) in [6.07, 6.45) is 3.79. The second-order valence-corrected chi connectivity index (χ2v) is 2.74. The number of aromatic nitrogens is 1. The summed E-state index contributed by atoms with van der Waals surface area (Å²) in [6, 6.07) is 3.70. The van der Waals surface area contributed by atoms with E-state index in [0.29, 0.717) is 12.0 Å². The zero-order chi connectivity index (χ0) is 8.97. The third kappa shape index (κ3) is 2.31. The summed E-state index contributed by atoms with van der Waals surface area (Å²) in [4.78, 5) is 15.1. The molecule has 0 fully saturated rings. The van der Waals surface area contributed by atoms with Crippen LogP contribution >= 0.6 is 0 Å². The quantitative estimate of drug-likeness (QED) is 0.632. The Morgan fingerprint density at radius 2 is 2.42 bits per heavy atom. The first-order valence-corrected chi connectivity index (χ1v) is 3.78. The Hall–Kier alpha value is -1.44. The van der Waals surface area contributed by atoms with E-state index in [1.54, 1.807) is 19.3 Å². The minimum atomic E-state index is 0.0722. The van der Waals surface area contributed by atoms with E-state index in [-0.39, 0.29) is 5.78 Å². The molecule has 0 saturated carbocycles. The van der Waals surface area contributed by atoms with Gasteiger partial charge in [-0.15, -0.1) is 0 Å². The van der Waals surface area contributed by atoms with Crippen molar-refractivity contribution in [3.63, 3.8) is 0 Å². The molecule has 1 rings (SSSR count). The number of hydrogen-bond acceptors (Lipinski definition) is 2. The second-order valence-electron chi connectivity index (χ2n) is 2.74. The Kier molecular flexibility index (Phi) is 2.75. The molecule has 12 heavy (non-hydrogen) atoms. The highest BCUT2D eigenvalue weighted by molar-refractivity contribution is 5.95. The van der Waals surface area contributed by atoms with Gasteiger partial charge in [-0.3, -0.25) is 9.78 Å². The van der Waals surface area contributed by atoms with Crippen molar-refractivity contribution in [2.24, 2.45) is 0 Å². The molecule has 2 heteroatoms. The lowest BCUT2D eigenvalue weighted by Crippen LogP contribution is -2.02. The van der Waals surface area contributed by atoms with E-state index in [1.165, 1.54) is 0 Å². The topological polar surface area (TPSA) is 30.0 Å². The number of pyridine rings is 1. The zero-order valence-corrected chi connectivity index (χ0v) is 7.08. The maximum absolute atomic E-state index is 11.2. The van der Waals surface area contributed by atoms with Crippen LogP contribution in [0.15, 0.2) is 36.7 Å². The lowest BCUT2D eigenvalue weighted by molar-refractivity contribution is -0.114. The van der Waals surface area contributed by atoms with E-state index in [2.05, 4.69) is 11.6 Å². The molecule has 1 heterocycles. The van der Waals surface area contributed by atoms with Crippen LogP contribution in [0.2, 0.25) is 0 Å². The Morgan fingerprint density at radius 1 is 1.67 bits per heavy atom. The van der Waals surface area contributed by atoms with Crippen LogP contribution in [0.5, 0.6) is 0 Å². The molecule has 0 spiro atoms. The fourth-order valence-corrected chi connectivity index (χ4v) is 0.839. The maximum atomic E-state index is 11.2. The van der Waals surface area contributed by atoms with E-state index in [1.807, 2.05) is 12.1 Å². The number of allylic oxidation sites excluding steroid dienone is 1. The van der Waals surface area contributed by atoms with Crippen molar-refractivity contribution in [2.75, 3.05) is 0 Å². The summed E-state index contributed by atoms with van der Waals surface area (Å²) in [7, 11) is 0. The molecule has 1 aromatic heterocycles. The Bertz CT molecular complexity index is 290. The Balaban J connectivity index is 2.65. The summed E-state index contributed by atoms with van der Waals surface area (Å²) < 4.78 is 0. The van der Waals surface area contributed by atoms with Gasteiger partial charge in [0.15, 0.2) is 5.78 Å². The molecule has 0 aliphatic heterocycles. The summed E-state index contributed by atoms with van der Waals surface area (Å²) in [5, 5.41) is 0. The number of Topliss-reactive ketones (excluding diaryl/α,β-unsaturated/α-hetero) is 1. The lowest BCUT2D eigenvalue weighted by Gasteiger charge is -1.98. The van der Waals surface area contributed by atoms with Gasteiger partial charge in [0.2, 0.25) is 0 Å². The third-order valence-electron chi connectivity index (χ3n) is 1.56. The smallest absolute Gasteiger partial charge is 0.162 e. The van der Waals surface area contributed by atoms with Crippen LogP contribution in [-0.4, -0.2) is 10.8 Å². The predicted octanol–water partition coefficient (Wildman–Crippen LogP) is 1.77. The molecular weight excluding hydrogens is 150 g/mol.